The molecule has 6 rings (SSSR count). The highest BCUT2D eigenvalue weighted by molar-refractivity contribution is 8.01. The number of hydrogen-bond acceptors (Lipinski definition) is 7. The van der Waals surface area contributed by atoms with Crippen LogP contribution in [0.4, 0.5) is 0 Å². The number of ether oxygens (including phenoxy) is 2. The van der Waals surface area contributed by atoms with Crippen LogP contribution in [0.15, 0.2) is 133 Å². The highest BCUT2D eigenvalue weighted by Crippen LogP contribution is 2.53. The van der Waals surface area contributed by atoms with Crippen molar-refractivity contribution in [1.29, 1.82) is 0 Å². The molecule has 7 nitrogen and oxygen atoms in total. The molecule has 0 bridgehead atoms. The number of hydrogen-bond donors (Lipinski definition) is 0. The molecule has 286 valence electrons. The third-order valence-corrected chi connectivity index (χ3v) is 15.1. The van der Waals surface area contributed by atoms with Gasteiger partial charge in [0.2, 0.25) is 30.9 Å². The van der Waals surface area contributed by atoms with Crippen molar-refractivity contribution in [3.8, 4) is 11.5 Å². The summed E-state index contributed by atoms with van der Waals surface area (Å²) in [6, 6.07) is 38.7. The third kappa shape index (κ3) is 8.02. The molecule has 56 heavy (non-hydrogen) atoms. The van der Waals surface area contributed by atoms with Gasteiger partial charge in [0.1, 0.15) is 17.1 Å². The Bertz CT molecular complexity index is 2320. The zero-order valence-corrected chi connectivity index (χ0v) is 34.7. The van der Waals surface area contributed by atoms with E-state index < -0.39 is 30.9 Å². The smallest absolute Gasteiger partial charge is 0.248 e. The lowest BCUT2D eigenvalue weighted by molar-refractivity contribution is 0.103. The Balaban J connectivity index is 0.000000216. The summed E-state index contributed by atoms with van der Waals surface area (Å²) in [6.45, 7) is 11.2. The van der Waals surface area contributed by atoms with Gasteiger partial charge in [-0.1, -0.05) is 132 Å². The lowest BCUT2D eigenvalue weighted by Gasteiger charge is -2.21. The monoisotopic (exact) mass is 784 g/mol. The molecule has 0 saturated heterocycles. The fraction of sp³-hybridized carbons (Fsp3) is 0.170. The van der Waals surface area contributed by atoms with E-state index in [1.807, 2.05) is 77.9 Å². The van der Waals surface area contributed by atoms with Crippen molar-refractivity contribution in [2.24, 2.45) is 0 Å². The standard InChI is InChI=1S/C26H27O3P.C21H19O4P/c1-16-12-18(3)23(19(4)13-16)25(27)30(29,22-10-8-7-9-11-22)26(28)24-20(5)14-17(2)15-21(24)6;1-24-18-14-9-15-19(25-2)20(18)21(22)26(23,16-10-5-3-6-11-16)17-12-7-4-8-13-17/h7-15H,1-6H3;3-15H,1-2H3. The van der Waals surface area contributed by atoms with Crippen LogP contribution in [0, 0.1) is 41.5 Å². The Morgan fingerprint density at radius 3 is 1.05 bits per heavy atom. The van der Waals surface area contributed by atoms with Crippen LogP contribution < -0.4 is 25.4 Å². The van der Waals surface area contributed by atoms with E-state index in [1.165, 1.54) is 14.2 Å². The molecule has 0 spiro atoms. The summed E-state index contributed by atoms with van der Waals surface area (Å²) in [4.78, 5) is 41.3. The molecule has 0 amide bonds. The lowest BCUT2D eigenvalue weighted by atomic mass is 10.0. The van der Waals surface area contributed by atoms with E-state index in [0.717, 1.165) is 33.4 Å². The fourth-order valence-corrected chi connectivity index (χ4v) is 12.3. The summed E-state index contributed by atoms with van der Waals surface area (Å²) in [5.74, 6) is 0.669. The number of aryl methyl sites for hydroxylation is 6. The summed E-state index contributed by atoms with van der Waals surface area (Å²) < 4.78 is 39.4. The molecule has 9 heteroatoms. The first kappa shape index (κ1) is 41.6. The summed E-state index contributed by atoms with van der Waals surface area (Å²) >= 11 is 0. The van der Waals surface area contributed by atoms with Crippen molar-refractivity contribution < 1.29 is 33.0 Å². The lowest BCUT2D eigenvalue weighted by Crippen LogP contribution is -2.23. The van der Waals surface area contributed by atoms with Crippen LogP contribution in [0.5, 0.6) is 11.5 Å². The van der Waals surface area contributed by atoms with Gasteiger partial charge in [-0.05, 0) is 75.9 Å². The molecule has 0 fully saturated rings. The number of rotatable bonds is 11. The van der Waals surface area contributed by atoms with E-state index >= 15 is 0 Å². The summed E-state index contributed by atoms with van der Waals surface area (Å²) in [5.41, 5.74) is 4.24. The number of benzene rings is 6. The van der Waals surface area contributed by atoms with Gasteiger partial charge in [-0.25, -0.2) is 0 Å². The molecule has 0 radical (unpaired) electrons. The molecule has 6 aromatic rings. The van der Waals surface area contributed by atoms with E-state index in [1.54, 1.807) is 97.1 Å². The van der Waals surface area contributed by atoms with E-state index in [9.17, 15) is 23.5 Å². The van der Waals surface area contributed by atoms with Gasteiger partial charge in [0.15, 0.2) is 0 Å². The van der Waals surface area contributed by atoms with Crippen LogP contribution in [0.25, 0.3) is 0 Å². The molecule has 0 unspecified atom stereocenters. The van der Waals surface area contributed by atoms with Crippen LogP contribution in [-0.2, 0) is 9.13 Å². The largest absolute Gasteiger partial charge is 0.496 e. The molecule has 0 aromatic heterocycles. The first-order chi connectivity index (χ1) is 26.7. The second kappa shape index (κ2) is 17.5. The Morgan fingerprint density at radius 2 is 0.732 bits per heavy atom. The van der Waals surface area contributed by atoms with Crippen LogP contribution in [-0.4, -0.2) is 30.8 Å². The normalized spacial score (nSPS) is 11.2. The van der Waals surface area contributed by atoms with Crippen molar-refractivity contribution in [3.05, 3.63) is 184 Å². The highest BCUT2D eigenvalue weighted by Gasteiger charge is 2.45. The van der Waals surface area contributed by atoms with Crippen molar-refractivity contribution in [3.63, 3.8) is 0 Å². The molecular formula is C47H46O7P2. The third-order valence-electron chi connectivity index (χ3n) is 9.64. The van der Waals surface area contributed by atoms with E-state index in [-0.39, 0.29) is 10.9 Å². The van der Waals surface area contributed by atoms with Gasteiger partial charge < -0.3 is 18.6 Å². The van der Waals surface area contributed by atoms with Crippen LogP contribution >= 0.6 is 14.3 Å². The summed E-state index contributed by atoms with van der Waals surface area (Å²) in [5, 5.41) is 1.23. The second-order valence-electron chi connectivity index (χ2n) is 13.7. The summed E-state index contributed by atoms with van der Waals surface area (Å²) in [6.07, 6.45) is 0. The maximum Gasteiger partial charge on any atom is 0.248 e. The fourth-order valence-electron chi connectivity index (χ4n) is 7.19. The van der Waals surface area contributed by atoms with Crippen molar-refractivity contribution in [2.45, 2.75) is 41.5 Å². The average Bonchev–Trinajstić information content (AvgIpc) is 3.19. The molecule has 0 aliphatic carbocycles. The summed E-state index contributed by atoms with van der Waals surface area (Å²) in [7, 11) is -4.78. The Kier molecular flexibility index (Phi) is 13.0. The second-order valence-corrected chi connectivity index (χ2v) is 18.9. The predicted octanol–water partition coefficient (Wildman–Crippen LogP) is 10.1. The molecule has 0 aliphatic heterocycles. The minimum Gasteiger partial charge on any atom is -0.496 e. The van der Waals surface area contributed by atoms with Crippen molar-refractivity contribution in [1.82, 2.24) is 0 Å². The first-order valence-corrected chi connectivity index (χ1v) is 21.5. The van der Waals surface area contributed by atoms with Crippen LogP contribution in [0.1, 0.15) is 64.5 Å². The average molecular weight is 785 g/mol. The molecule has 6 aromatic carbocycles. The first-order valence-electron chi connectivity index (χ1n) is 18.1. The molecule has 0 saturated carbocycles. The Morgan fingerprint density at radius 1 is 0.411 bits per heavy atom. The van der Waals surface area contributed by atoms with Crippen LogP contribution in [0.2, 0.25) is 0 Å². The number of carbonyl (C=O) groups is 3. The molecule has 0 atom stereocenters. The molecular weight excluding hydrogens is 738 g/mol. The number of carbonyl (C=O) groups excluding carboxylic acids is 3. The van der Waals surface area contributed by atoms with Gasteiger partial charge in [0, 0.05) is 27.0 Å². The maximum absolute atomic E-state index is 14.5. The SMILES string of the molecule is COc1cccc(OC)c1C(=O)P(=O)(c1ccccc1)c1ccccc1.Cc1cc(C)c(C(=O)P(=O)(C(=O)c2c(C)cc(C)cc2C)c2ccccc2)c(C)c1. The molecule has 0 heterocycles. The van der Waals surface area contributed by atoms with E-state index in [0.29, 0.717) is 33.2 Å². The zero-order valence-electron chi connectivity index (χ0n) is 33.0. The van der Waals surface area contributed by atoms with Crippen LogP contribution in [0.3, 0.4) is 0 Å². The van der Waals surface area contributed by atoms with Gasteiger partial charge in [0.05, 0.1) is 14.2 Å². The molecule has 0 aliphatic rings. The Hall–Kier alpha value is -5.61. The Labute approximate surface area is 329 Å². The molecule has 0 N–H and O–H groups in total. The quantitative estimate of drug-likeness (QED) is 0.121. The predicted molar refractivity (Wildman–Crippen MR) is 227 cm³/mol. The van der Waals surface area contributed by atoms with Gasteiger partial charge >= 0.3 is 0 Å². The van der Waals surface area contributed by atoms with E-state index in [4.69, 9.17) is 9.47 Å². The zero-order chi connectivity index (χ0) is 40.8. The van der Waals surface area contributed by atoms with Gasteiger partial charge in [0.25, 0.3) is 0 Å². The van der Waals surface area contributed by atoms with Gasteiger partial charge in [-0.3, -0.25) is 14.4 Å². The minimum atomic E-state index is -4.11. The number of methoxy groups -OCH3 is 2. The van der Waals surface area contributed by atoms with Gasteiger partial charge in [-0.15, -0.1) is 0 Å². The van der Waals surface area contributed by atoms with Crippen molar-refractivity contribution in [2.75, 3.05) is 14.2 Å². The van der Waals surface area contributed by atoms with Gasteiger partial charge in [-0.2, -0.15) is 0 Å². The van der Waals surface area contributed by atoms with E-state index in [2.05, 4.69) is 0 Å². The highest BCUT2D eigenvalue weighted by atomic mass is 31.2. The minimum absolute atomic E-state index is 0.188. The topological polar surface area (TPSA) is 104 Å². The maximum atomic E-state index is 14.5. The van der Waals surface area contributed by atoms with Crippen molar-refractivity contribution >= 4 is 46.8 Å².